The smallest absolute Gasteiger partial charge is 0.270 e. The van der Waals surface area contributed by atoms with Gasteiger partial charge in [0.05, 0.1) is 9.85 Å². The summed E-state index contributed by atoms with van der Waals surface area (Å²) in [5.74, 6) is 1.42. The number of nitrogens with one attached hydrogen (secondary N) is 1. The van der Waals surface area contributed by atoms with Crippen LogP contribution >= 0.6 is 0 Å². The van der Waals surface area contributed by atoms with Gasteiger partial charge in [0, 0.05) is 68.4 Å². The SMILES string of the molecule is O=[N+]([O-])c1ccc2c(c1)C1=NC3=NC(N=C4N=C(N=c5[nH]c(c6ccccc56)=NC2=N1)c1ccc([N+](=O)[O-])cc14)c1ccccc13. The van der Waals surface area contributed by atoms with Gasteiger partial charge in [-0.1, -0.05) is 48.5 Å². The summed E-state index contributed by atoms with van der Waals surface area (Å²) in [7, 11) is 0. The van der Waals surface area contributed by atoms with Crippen molar-refractivity contribution < 1.29 is 9.85 Å². The largest absolute Gasteiger partial charge is 0.324 e. The normalized spacial score (nSPS) is 17.0. The molecular weight excluding hydrogens is 588 g/mol. The zero-order valence-electron chi connectivity index (χ0n) is 23.3. The van der Waals surface area contributed by atoms with Crippen LogP contribution in [0.2, 0.25) is 0 Å². The molecule has 0 saturated heterocycles. The number of nitrogens with zero attached hydrogens (tertiary/aromatic N) is 9. The lowest BCUT2D eigenvalue weighted by atomic mass is 10.1. The average Bonchev–Trinajstić information content (AvgIpc) is 3.79. The van der Waals surface area contributed by atoms with E-state index >= 15 is 0 Å². The number of nitro benzene ring substituents is 2. The Morgan fingerprint density at radius 1 is 0.522 bits per heavy atom. The Morgan fingerprint density at radius 3 is 1.59 bits per heavy atom. The standard InChI is InChI=1S/C32H16N10O4/c43-41(44)15-9-11-21-23(13-15)31-37-27-19-7-3-4-8-20(19)28(34-27)38-32-24-14-16(42(45)46)10-12-22(24)30(40-32)36-26-18-6-2-1-5-17(18)25(33-26)35-29(21)39-31/h1-14,27H,(H,33,34,35,36,37,38,39,40). The van der Waals surface area contributed by atoms with Gasteiger partial charge in [0.2, 0.25) is 0 Å². The van der Waals surface area contributed by atoms with Crippen molar-refractivity contribution in [2.75, 3.05) is 0 Å². The third kappa shape index (κ3) is 3.80. The first-order chi connectivity index (χ1) is 22.4. The topological polar surface area (TPSA) is 189 Å². The molecule has 0 fully saturated rings. The summed E-state index contributed by atoms with van der Waals surface area (Å²) in [5, 5.41) is 24.9. The van der Waals surface area contributed by atoms with Crippen molar-refractivity contribution in [1.29, 1.82) is 0 Å². The molecule has 1 aromatic heterocycles. The van der Waals surface area contributed by atoms with E-state index in [1.54, 1.807) is 12.1 Å². The van der Waals surface area contributed by atoms with Crippen LogP contribution in [-0.4, -0.2) is 44.0 Å². The highest BCUT2D eigenvalue weighted by Crippen LogP contribution is 2.35. The summed E-state index contributed by atoms with van der Waals surface area (Å²) in [6, 6.07) is 23.9. The first-order valence-corrected chi connectivity index (χ1v) is 14.0. The number of rotatable bonds is 2. The summed E-state index contributed by atoms with van der Waals surface area (Å²) < 4.78 is 0. The molecule has 0 amide bonds. The number of benzene rings is 4. The molecule has 5 aromatic rings. The Morgan fingerprint density at radius 2 is 1.00 bits per heavy atom. The van der Waals surface area contributed by atoms with Crippen molar-refractivity contribution >= 4 is 51.3 Å². The molecule has 4 aliphatic rings. The molecule has 1 N–H and O–H groups in total. The number of aromatic amines is 1. The minimum absolute atomic E-state index is 0.106. The number of H-pyrrole nitrogens is 1. The number of aromatic nitrogens is 1. The zero-order chi connectivity index (χ0) is 31.1. The molecule has 0 radical (unpaired) electrons. The van der Waals surface area contributed by atoms with Crippen LogP contribution in [0, 0.1) is 20.2 Å². The molecule has 8 bridgehead atoms. The summed E-state index contributed by atoms with van der Waals surface area (Å²) in [6.45, 7) is 0. The fraction of sp³-hybridized carbons (Fsp3) is 0.0312. The monoisotopic (exact) mass is 604 g/mol. The van der Waals surface area contributed by atoms with Crippen molar-refractivity contribution in [2.45, 2.75) is 6.17 Å². The van der Waals surface area contributed by atoms with Crippen LogP contribution in [-0.2, 0) is 0 Å². The lowest BCUT2D eigenvalue weighted by Gasteiger charge is -2.05. The van der Waals surface area contributed by atoms with Gasteiger partial charge in [-0.3, -0.25) is 20.2 Å². The number of hydrogen-bond donors (Lipinski definition) is 1. The molecule has 46 heavy (non-hydrogen) atoms. The second-order valence-corrected chi connectivity index (χ2v) is 10.7. The van der Waals surface area contributed by atoms with E-state index in [-0.39, 0.29) is 23.0 Å². The van der Waals surface area contributed by atoms with Gasteiger partial charge >= 0.3 is 0 Å². The molecule has 4 aliphatic heterocycles. The fourth-order valence-corrected chi connectivity index (χ4v) is 5.96. The number of amidine groups is 5. The Labute approximate surface area is 256 Å². The van der Waals surface area contributed by atoms with Crippen LogP contribution in [0.5, 0.6) is 0 Å². The molecule has 218 valence electrons. The fourth-order valence-electron chi connectivity index (χ4n) is 5.96. The van der Waals surface area contributed by atoms with Gasteiger partial charge in [-0.05, 0) is 12.1 Å². The van der Waals surface area contributed by atoms with Crippen LogP contribution in [0.4, 0.5) is 11.4 Å². The lowest BCUT2D eigenvalue weighted by Crippen LogP contribution is -2.15. The van der Waals surface area contributed by atoms with Gasteiger partial charge < -0.3 is 4.98 Å². The highest BCUT2D eigenvalue weighted by atomic mass is 16.6. The first-order valence-electron chi connectivity index (χ1n) is 14.0. The summed E-state index contributed by atoms with van der Waals surface area (Å²) in [6.07, 6.45) is -0.772. The minimum atomic E-state index is -0.772. The van der Waals surface area contributed by atoms with Crippen LogP contribution in [0.15, 0.2) is 120 Å². The molecule has 0 aliphatic carbocycles. The Balaban J connectivity index is 1.38. The second kappa shape index (κ2) is 9.33. The quantitative estimate of drug-likeness (QED) is 0.235. The number of nitro groups is 2. The summed E-state index contributed by atoms with van der Waals surface area (Å²) in [5.41, 5.74) is 4.22. The van der Waals surface area contributed by atoms with Gasteiger partial charge in [-0.2, -0.15) is 0 Å². The molecule has 0 saturated carbocycles. The third-order valence-corrected chi connectivity index (χ3v) is 8.11. The van der Waals surface area contributed by atoms with Crippen molar-refractivity contribution in [3.8, 4) is 0 Å². The minimum Gasteiger partial charge on any atom is -0.324 e. The van der Waals surface area contributed by atoms with E-state index in [0.29, 0.717) is 56.3 Å². The zero-order valence-corrected chi connectivity index (χ0v) is 23.3. The van der Waals surface area contributed by atoms with Crippen LogP contribution < -0.4 is 11.0 Å². The van der Waals surface area contributed by atoms with Crippen molar-refractivity contribution in [3.63, 3.8) is 0 Å². The number of non-ortho nitro benzene ring substituents is 2. The van der Waals surface area contributed by atoms with Gasteiger partial charge in [0.15, 0.2) is 35.3 Å². The van der Waals surface area contributed by atoms with E-state index in [1.165, 1.54) is 24.3 Å². The van der Waals surface area contributed by atoms with E-state index in [2.05, 4.69) is 4.98 Å². The van der Waals surface area contributed by atoms with Crippen molar-refractivity contribution in [3.05, 3.63) is 150 Å². The summed E-state index contributed by atoms with van der Waals surface area (Å²) >= 11 is 0. The van der Waals surface area contributed by atoms with E-state index in [9.17, 15) is 20.2 Å². The number of aliphatic imine (C=N–C) groups is 5. The van der Waals surface area contributed by atoms with Crippen molar-refractivity contribution in [2.24, 2.45) is 34.9 Å². The maximum Gasteiger partial charge on any atom is 0.270 e. The second-order valence-electron chi connectivity index (χ2n) is 10.7. The molecule has 1 atom stereocenters. The molecule has 14 heteroatoms. The van der Waals surface area contributed by atoms with E-state index in [1.807, 2.05) is 48.5 Å². The lowest BCUT2D eigenvalue weighted by molar-refractivity contribution is -0.385. The Kier molecular flexibility index (Phi) is 5.20. The Hall–Kier alpha value is -6.83. The molecule has 14 nitrogen and oxygen atoms in total. The number of fused-ring (bicyclic) bond motifs is 17. The molecule has 4 aromatic carbocycles. The van der Waals surface area contributed by atoms with Crippen LogP contribution in [0.3, 0.4) is 0 Å². The Bertz CT molecular complexity index is 2560. The molecule has 0 spiro atoms. The van der Waals surface area contributed by atoms with Gasteiger partial charge in [-0.25, -0.2) is 34.9 Å². The van der Waals surface area contributed by atoms with E-state index in [0.717, 1.165) is 16.3 Å². The maximum atomic E-state index is 11.7. The maximum absolute atomic E-state index is 11.7. The predicted molar refractivity (Wildman–Crippen MR) is 169 cm³/mol. The third-order valence-electron chi connectivity index (χ3n) is 8.11. The average molecular weight is 605 g/mol. The number of hydrogen-bond acceptors (Lipinski definition) is 11. The highest BCUT2D eigenvalue weighted by molar-refractivity contribution is 6.26. The molecule has 9 rings (SSSR count). The van der Waals surface area contributed by atoms with E-state index < -0.39 is 16.0 Å². The molecular formula is C32H16N10O4. The van der Waals surface area contributed by atoms with Gasteiger partial charge in [-0.15, -0.1) is 0 Å². The van der Waals surface area contributed by atoms with Gasteiger partial charge in [0.1, 0.15) is 11.0 Å². The highest BCUT2D eigenvalue weighted by Gasteiger charge is 2.31. The molecule has 5 heterocycles. The predicted octanol–water partition coefficient (Wildman–Crippen LogP) is 4.11. The first kappa shape index (κ1) is 25.6. The summed E-state index contributed by atoms with van der Waals surface area (Å²) in [4.78, 5) is 59.5. The van der Waals surface area contributed by atoms with Gasteiger partial charge in [0.25, 0.3) is 11.4 Å². The van der Waals surface area contributed by atoms with Crippen LogP contribution in [0.1, 0.15) is 39.5 Å². The van der Waals surface area contributed by atoms with Crippen LogP contribution in [0.25, 0.3) is 10.8 Å². The van der Waals surface area contributed by atoms with E-state index in [4.69, 9.17) is 34.9 Å². The molecule has 1 unspecified atom stereocenters. The van der Waals surface area contributed by atoms with Crippen molar-refractivity contribution in [1.82, 2.24) is 4.98 Å².